The van der Waals surface area contributed by atoms with Crippen LogP contribution in [0.15, 0.2) is 48.5 Å². The van der Waals surface area contributed by atoms with Crippen LogP contribution in [-0.4, -0.2) is 18.6 Å². The number of anilines is 1. The summed E-state index contributed by atoms with van der Waals surface area (Å²) >= 11 is 5.99. The van der Waals surface area contributed by atoms with Crippen molar-refractivity contribution in [3.8, 4) is 0 Å². The molecule has 132 valence electrons. The Hall–Kier alpha value is -2.53. The van der Waals surface area contributed by atoms with E-state index in [1.807, 2.05) is 37.3 Å². The third-order valence-electron chi connectivity index (χ3n) is 3.60. The van der Waals surface area contributed by atoms with Crippen molar-refractivity contribution < 1.29 is 14.3 Å². The van der Waals surface area contributed by atoms with Crippen molar-refractivity contribution >= 4 is 29.3 Å². The molecule has 0 radical (unpaired) electrons. The molecule has 1 atom stereocenters. The van der Waals surface area contributed by atoms with E-state index in [4.69, 9.17) is 16.3 Å². The molecule has 2 N–H and O–H groups in total. The van der Waals surface area contributed by atoms with Gasteiger partial charge < -0.3 is 15.4 Å². The highest BCUT2D eigenvalue weighted by molar-refractivity contribution is 6.31. The van der Waals surface area contributed by atoms with Crippen LogP contribution in [0.5, 0.6) is 0 Å². The monoisotopic (exact) mass is 360 g/mol. The molecule has 0 aromatic heterocycles. The van der Waals surface area contributed by atoms with Crippen LogP contribution in [0.1, 0.15) is 30.5 Å². The van der Waals surface area contributed by atoms with Gasteiger partial charge in [0, 0.05) is 10.7 Å². The van der Waals surface area contributed by atoms with Gasteiger partial charge in [-0.25, -0.2) is 4.79 Å². The molecule has 5 nitrogen and oxygen atoms in total. The van der Waals surface area contributed by atoms with Crippen molar-refractivity contribution in [2.75, 3.05) is 11.9 Å². The van der Waals surface area contributed by atoms with E-state index < -0.39 is 12.1 Å². The second kappa shape index (κ2) is 9.08. The van der Waals surface area contributed by atoms with Gasteiger partial charge in [-0.3, -0.25) is 4.79 Å². The third kappa shape index (κ3) is 5.80. The number of benzene rings is 2. The van der Waals surface area contributed by atoms with Gasteiger partial charge in [-0.2, -0.15) is 0 Å². The Labute approximate surface area is 152 Å². The Morgan fingerprint density at radius 2 is 1.88 bits per heavy atom. The average molecular weight is 361 g/mol. The van der Waals surface area contributed by atoms with Gasteiger partial charge >= 0.3 is 6.09 Å². The molecule has 0 aliphatic rings. The van der Waals surface area contributed by atoms with Crippen LogP contribution in [0.25, 0.3) is 0 Å². The first-order valence-electron chi connectivity index (χ1n) is 8.04. The summed E-state index contributed by atoms with van der Waals surface area (Å²) in [5.74, 6) is -0.215. The largest absolute Gasteiger partial charge is 0.450 e. The number of alkyl carbamates (subject to hydrolysis) is 1. The second-order valence-electron chi connectivity index (χ2n) is 5.54. The maximum atomic E-state index is 12.4. The summed E-state index contributed by atoms with van der Waals surface area (Å²) < 4.78 is 4.93. The number of carbonyl (C=O) groups excluding carboxylic acids is 2. The van der Waals surface area contributed by atoms with Gasteiger partial charge in [0.05, 0.1) is 19.1 Å². The standard InChI is InChI=1S/C19H21ClN2O3/c1-3-25-19(24)22-17(14-7-5-4-6-8-14)12-18(23)21-15-9-10-16(20)13(2)11-15/h4-11,17H,3,12H2,1-2H3,(H,21,23)(H,22,24)/t17-/m1/s1. The van der Waals surface area contributed by atoms with Crippen LogP contribution in [0, 0.1) is 6.92 Å². The van der Waals surface area contributed by atoms with Gasteiger partial charge in [0.25, 0.3) is 0 Å². The summed E-state index contributed by atoms with van der Waals surface area (Å²) in [5, 5.41) is 6.20. The lowest BCUT2D eigenvalue weighted by Crippen LogP contribution is -2.32. The summed E-state index contributed by atoms with van der Waals surface area (Å²) in [6.07, 6.45) is -0.462. The van der Waals surface area contributed by atoms with E-state index in [-0.39, 0.29) is 18.9 Å². The molecule has 0 saturated carbocycles. The molecular formula is C19H21ClN2O3. The normalized spacial score (nSPS) is 11.5. The van der Waals surface area contributed by atoms with Crippen LogP contribution in [0.3, 0.4) is 0 Å². The molecule has 0 saturated heterocycles. The first-order chi connectivity index (χ1) is 12.0. The highest BCUT2D eigenvalue weighted by atomic mass is 35.5. The van der Waals surface area contributed by atoms with E-state index in [9.17, 15) is 9.59 Å². The maximum Gasteiger partial charge on any atom is 0.407 e. The second-order valence-corrected chi connectivity index (χ2v) is 5.95. The smallest absolute Gasteiger partial charge is 0.407 e. The Balaban J connectivity index is 2.08. The molecule has 0 aliphatic carbocycles. The number of rotatable bonds is 6. The Morgan fingerprint density at radius 1 is 1.16 bits per heavy atom. The molecule has 6 heteroatoms. The molecule has 0 unspecified atom stereocenters. The molecule has 0 fully saturated rings. The van der Waals surface area contributed by atoms with Crippen molar-refractivity contribution in [2.45, 2.75) is 26.3 Å². The molecule has 0 bridgehead atoms. The Morgan fingerprint density at radius 3 is 2.52 bits per heavy atom. The fourth-order valence-corrected chi connectivity index (χ4v) is 2.49. The van der Waals surface area contributed by atoms with E-state index in [0.717, 1.165) is 11.1 Å². The lowest BCUT2D eigenvalue weighted by Gasteiger charge is -2.18. The van der Waals surface area contributed by atoms with E-state index in [1.54, 1.807) is 25.1 Å². The van der Waals surface area contributed by atoms with E-state index >= 15 is 0 Å². The van der Waals surface area contributed by atoms with Gasteiger partial charge in [-0.1, -0.05) is 41.9 Å². The van der Waals surface area contributed by atoms with Gasteiger partial charge in [0.1, 0.15) is 0 Å². The Kier molecular flexibility index (Phi) is 6.83. The maximum absolute atomic E-state index is 12.4. The fraction of sp³-hybridized carbons (Fsp3) is 0.263. The van der Waals surface area contributed by atoms with Gasteiger partial charge in [-0.15, -0.1) is 0 Å². The van der Waals surface area contributed by atoms with Gasteiger partial charge in [0.2, 0.25) is 5.91 Å². The summed E-state index contributed by atoms with van der Waals surface area (Å²) in [6.45, 7) is 3.86. The first-order valence-corrected chi connectivity index (χ1v) is 8.41. The van der Waals surface area contributed by atoms with Crippen LogP contribution in [0.4, 0.5) is 10.5 Å². The van der Waals surface area contributed by atoms with Crippen molar-refractivity contribution in [1.29, 1.82) is 0 Å². The minimum Gasteiger partial charge on any atom is -0.450 e. The van der Waals surface area contributed by atoms with Gasteiger partial charge in [-0.05, 0) is 43.2 Å². The number of hydrogen-bond acceptors (Lipinski definition) is 3. The summed E-state index contributed by atoms with van der Waals surface area (Å²) in [7, 11) is 0. The molecule has 0 heterocycles. The van der Waals surface area contributed by atoms with Crippen molar-refractivity contribution in [3.05, 3.63) is 64.7 Å². The summed E-state index contributed by atoms with van der Waals surface area (Å²) in [4.78, 5) is 24.2. The number of ether oxygens (including phenoxy) is 1. The number of carbonyl (C=O) groups is 2. The van der Waals surface area contributed by atoms with Crippen molar-refractivity contribution in [1.82, 2.24) is 5.32 Å². The molecule has 2 amide bonds. The van der Waals surface area contributed by atoms with Gasteiger partial charge in [0.15, 0.2) is 0 Å². The molecule has 0 aliphatic heterocycles. The number of amides is 2. The summed E-state index contributed by atoms with van der Waals surface area (Å²) in [6, 6.07) is 14.1. The van der Waals surface area contributed by atoms with Crippen molar-refractivity contribution in [2.24, 2.45) is 0 Å². The topological polar surface area (TPSA) is 67.4 Å². The van der Waals surface area contributed by atoms with Crippen molar-refractivity contribution in [3.63, 3.8) is 0 Å². The van der Waals surface area contributed by atoms with Crippen LogP contribution in [0.2, 0.25) is 5.02 Å². The zero-order valence-corrected chi connectivity index (χ0v) is 15.0. The van der Waals surface area contributed by atoms with Crippen LogP contribution in [-0.2, 0) is 9.53 Å². The molecule has 2 aromatic carbocycles. The predicted molar refractivity (Wildman–Crippen MR) is 98.8 cm³/mol. The van der Waals surface area contributed by atoms with Crippen LogP contribution < -0.4 is 10.6 Å². The van der Waals surface area contributed by atoms with E-state index in [1.165, 1.54) is 0 Å². The molecule has 2 rings (SSSR count). The highest BCUT2D eigenvalue weighted by Gasteiger charge is 2.19. The number of nitrogens with one attached hydrogen (secondary N) is 2. The Bertz CT molecular complexity index is 735. The SMILES string of the molecule is CCOC(=O)N[C@H](CC(=O)Nc1ccc(Cl)c(C)c1)c1ccccc1. The molecule has 25 heavy (non-hydrogen) atoms. The quantitative estimate of drug-likeness (QED) is 0.798. The summed E-state index contributed by atoms with van der Waals surface area (Å²) in [5.41, 5.74) is 2.37. The lowest BCUT2D eigenvalue weighted by molar-refractivity contribution is -0.116. The highest BCUT2D eigenvalue weighted by Crippen LogP contribution is 2.21. The van der Waals surface area contributed by atoms with Crippen LogP contribution >= 0.6 is 11.6 Å². The molecule has 2 aromatic rings. The molecule has 0 spiro atoms. The third-order valence-corrected chi connectivity index (χ3v) is 4.02. The number of hydrogen-bond donors (Lipinski definition) is 2. The average Bonchev–Trinajstić information content (AvgIpc) is 2.58. The minimum absolute atomic E-state index is 0.0878. The number of halogens is 1. The van der Waals surface area contributed by atoms with E-state index in [2.05, 4.69) is 10.6 Å². The van der Waals surface area contributed by atoms with E-state index in [0.29, 0.717) is 10.7 Å². The fourth-order valence-electron chi connectivity index (χ4n) is 2.37. The zero-order valence-electron chi connectivity index (χ0n) is 14.2. The lowest BCUT2D eigenvalue weighted by atomic mass is 10.0. The minimum atomic E-state index is -0.550. The molecular weight excluding hydrogens is 340 g/mol. The predicted octanol–water partition coefficient (Wildman–Crippen LogP) is 4.46. The first kappa shape index (κ1) is 18.8. The number of aryl methyl sites for hydroxylation is 1. The zero-order chi connectivity index (χ0) is 18.2.